The first kappa shape index (κ1) is 21.0. The number of hydrogen-bond donors (Lipinski definition) is 4. The molecule has 0 saturated heterocycles. The largest absolute Gasteiger partial charge is 0.457 e. The molecule has 0 saturated carbocycles. The fraction of sp³-hybridized carbons (Fsp3) is 0.0952. The van der Waals surface area contributed by atoms with Gasteiger partial charge in [0.15, 0.2) is 0 Å². The number of benzene rings is 2. The molecule has 0 aliphatic heterocycles. The van der Waals surface area contributed by atoms with Crippen molar-refractivity contribution in [3.05, 3.63) is 72.6 Å². The van der Waals surface area contributed by atoms with Gasteiger partial charge in [-0.05, 0) is 54.8 Å². The number of anilines is 2. The fourth-order valence-electron chi connectivity index (χ4n) is 2.46. The minimum atomic E-state index is -0.382. The van der Waals surface area contributed by atoms with Gasteiger partial charge in [0.1, 0.15) is 17.2 Å². The first-order chi connectivity index (χ1) is 14.6. The number of hydrogen-bond acceptors (Lipinski definition) is 6. The zero-order valence-corrected chi connectivity index (χ0v) is 17.2. The van der Waals surface area contributed by atoms with Crippen LogP contribution in [0.1, 0.15) is 10.5 Å². The van der Waals surface area contributed by atoms with Crippen molar-refractivity contribution in [1.29, 1.82) is 0 Å². The number of hydrazine groups is 1. The summed E-state index contributed by atoms with van der Waals surface area (Å²) in [6, 6.07) is 17.4. The molecule has 154 valence electrons. The van der Waals surface area contributed by atoms with E-state index in [1.165, 1.54) is 6.20 Å². The topological polar surface area (TPSA) is 104 Å². The predicted octanol–water partition coefficient (Wildman–Crippen LogP) is 4.10. The van der Waals surface area contributed by atoms with Crippen LogP contribution in [0.2, 0.25) is 0 Å². The number of urea groups is 1. The molecule has 8 nitrogen and oxygen atoms in total. The summed E-state index contributed by atoms with van der Waals surface area (Å²) in [5.74, 6) is 0.784. The molecule has 2 aromatic carbocycles. The molecule has 3 aromatic rings. The minimum absolute atomic E-state index is 0.270. The molecule has 1 aromatic heterocycles. The third-order valence-electron chi connectivity index (χ3n) is 3.93. The van der Waals surface area contributed by atoms with Gasteiger partial charge in [0.2, 0.25) is 0 Å². The van der Waals surface area contributed by atoms with Crippen molar-refractivity contribution < 1.29 is 14.3 Å². The Morgan fingerprint density at radius 3 is 2.50 bits per heavy atom. The summed E-state index contributed by atoms with van der Waals surface area (Å²) in [4.78, 5) is 28.8. The Labute approximate surface area is 178 Å². The highest BCUT2D eigenvalue weighted by atomic mass is 32.2. The highest BCUT2D eigenvalue weighted by molar-refractivity contribution is 7.98. The van der Waals surface area contributed by atoms with E-state index in [-0.39, 0.29) is 17.6 Å². The van der Waals surface area contributed by atoms with E-state index in [0.29, 0.717) is 22.9 Å². The summed E-state index contributed by atoms with van der Waals surface area (Å²) < 4.78 is 5.75. The first-order valence-corrected chi connectivity index (χ1v) is 10.2. The summed E-state index contributed by atoms with van der Waals surface area (Å²) in [6.07, 6.45) is 3.48. The highest BCUT2D eigenvalue weighted by Gasteiger charge is 2.07. The quantitative estimate of drug-likeness (QED) is 0.337. The second-order valence-corrected chi connectivity index (χ2v) is 6.90. The van der Waals surface area contributed by atoms with E-state index in [2.05, 4.69) is 26.5 Å². The summed E-state index contributed by atoms with van der Waals surface area (Å²) in [5.41, 5.74) is 7.06. The summed E-state index contributed by atoms with van der Waals surface area (Å²) >= 11 is 1.60. The van der Waals surface area contributed by atoms with Crippen LogP contribution in [0.5, 0.6) is 11.5 Å². The third kappa shape index (κ3) is 5.89. The van der Waals surface area contributed by atoms with Crippen LogP contribution in [0.3, 0.4) is 0 Å². The number of carbonyl (C=O) groups excluding carboxylic acids is 2. The van der Waals surface area contributed by atoms with Crippen LogP contribution in [0.4, 0.5) is 16.2 Å². The van der Waals surface area contributed by atoms with Gasteiger partial charge in [-0.15, -0.1) is 11.8 Å². The Hall–Kier alpha value is -3.72. The van der Waals surface area contributed by atoms with Crippen LogP contribution >= 0.6 is 11.8 Å². The van der Waals surface area contributed by atoms with Crippen molar-refractivity contribution in [3.63, 3.8) is 0 Å². The lowest BCUT2D eigenvalue weighted by Gasteiger charge is -2.11. The van der Waals surface area contributed by atoms with Crippen LogP contribution in [0.15, 0.2) is 71.8 Å². The summed E-state index contributed by atoms with van der Waals surface area (Å²) in [6.45, 7) is 0. The molecule has 0 unspecified atom stereocenters. The van der Waals surface area contributed by atoms with E-state index >= 15 is 0 Å². The predicted molar refractivity (Wildman–Crippen MR) is 118 cm³/mol. The summed E-state index contributed by atoms with van der Waals surface area (Å²) in [5, 5.41) is 5.28. The van der Waals surface area contributed by atoms with Gasteiger partial charge in [0.25, 0.3) is 5.91 Å². The number of amides is 3. The van der Waals surface area contributed by atoms with E-state index in [1.807, 2.05) is 30.5 Å². The Balaban J connectivity index is 1.53. The van der Waals surface area contributed by atoms with E-state index in [1.54, 1.807) is 55.2 Å². The van der Waals surface area contributed by atoms with Crippen LogP contribution in [-0.4, -0.2) is 30.2 Å². The number of aromatic nitrogens is 1. The first-order valence-electron chi connectivity index (χ1n) is 9.00. The van der Waals surface area contributed by atoms with Crippen molar-refractivity contribution in [2.75, 3.05) is 24.0 Å². The van der Waals surface area contributed by atoms with Gasteiger partial charge in [-0.25, -0.2) is 4.79 Å². The molecule has 30 heavy (non-hydrogen) atoms. The molecule has 0 fully saturated rings. The molecule has 3 rings (SSSR count). The van der Waals surface area contributed by atoms with Crippen molar-refractivity contribution in [2.45, 2.75) is 4.90 Å². The summed E-state index contributed by atoms with van der Waals surface area (Å²) in [7, 11) is 1.54. The second kappa shape index (κ2) is 10.2. The van der Waals surface area contributed by atoms with Crippen LogP contribution in [-0.2, 0) is 0 Å². The molecule has 4 N–H and O–H groups in total. The van der Waals surface area contributed by atoms with Crippen LogP contribution < -0.4 is 26.2 Å². The second-order valence-electron chi connectivity index (χ2n) is 6.02. The average molecular weight is 423 g/mol. The van der Waals surface area contributed by atoms with Crippen molar-refractivity contribution in [1.82, 2.24) is 15.7 Å². The number of ether oxygens (including phenoxy) is 1. The Morgan fingerprint density at radius 1 is 0.967 bits per heavy atom. The van der Waals surface area contributed by atoms with Crippen molar-refractivity contribution in [3.8, 4) is 11.5 Å². The van der Waals surface area contributed by atoms with Crippen molar-refractivity contribution >= 4 is 35.1 Å². The molecule has 0 aliphatic carbocycles. The number of nitrogens with zero attached hydrogens (tertiary/aromatic N) is 1. The zero-order valence-electron chi connectivity index (χ0n) is 16.4. The minimum Gasteiger partial charge on any atom is -0.457 e. The smallest absolute Gasteiger partial charge is 0.337 e. The molecule has 0 spiro atoms. The molecular formula is C21H21N5O3S. The Kier molecular flexibility index (Phi) is 7.12. The molecule has 0 atom stereocenters. The van der Waals surface area contributed by atoms with Gasteiger partial charge >= 0.3 is 6.03 Å². The monoisotopic (exact) mass is 423 g/mol. The molecule has 3 amide bonds. The normalized spacial score (nSPS) is 10.1. The molecule has 0 bridgehead atoms. The van der Waals surface area contributed by atoms with E-state index < -0.39 is 0 Å². The van der Waals surface area contributed by atoms with Gasteiger partial charge in [0.05, 0.1) is 5.69 Å². The van der Waals surface area contributed by atoms with E-state index in [4.69, 9.17) is 4.74 Å². The number of carbonyl (C=O) groups is 2. The maximum Gasteiger partial charge on any atom is 0.337 e. The lowest BCUT2D eigenvalue weighted by atomic mass is 10.3. The van der Waals surface area contributed by atoms with E-state index in [9.17, 15) is 9.59 Å². The SMILES string of the molecule is CNC(=O)c1cc(Oc2ccc(NNC(=O)Nc3cccc(SC)c3)cc2)ccn1. The van der Waals surface area contributed by atoms with Crippen LogP contribution in [0, 0.1) is 0 Å². The van der Waals surface area contributed by atoms with Gasteiger partial charge in [0, 0.05) is 29.9 Å². The number of pyridine rings is 1. The molecule has 0 radical (unpaired) electrons. The average Bonchev–Trinajstić information content (AvgIpc) is 2.78. The lowest BCUT2D eigenvalue weighted by molar-refractivity contribution is 0.0958. The maximum atomic E-state index is 12.1. The fourth-order valence-corrected chi connectivity index (χ4v) is 2.92. The number of thioether (sulfide) groups is 1. The zero-order chi connectivity index (χ0) is 21.3. The van der Waals surface area contributed by atoms with Crippen LogP contribution in [0.25, 0.3) is 0 Å². The van der Waals surface area contributed by atoms with Gasteiger partial charge in [-0.3, -0.25) is 20.6 Å². The molecular weight excluding hydrogens is 402 g/mol. The van der Waals surface area contributed by atoms with Gasteiger partial charge < -0.3 is 15.4 Å². The standard InChI is InChI=1S/C21H21N5O3S/c1-22-20(27)19-13-17(10-11-23-19)29-16-8-6-14(7-9-16)25-26-21(28)24-15-4-3-5-18(12-15)30-2/h3-13,25H,1-2H3,(H,22,27)(H2,24,26,28). The molecule has 1 heterocycles. The van der Waals surface area contributed by atoms with Gasteiger partial charge in [-0.2, -0.15) is 0 Å². The third-order valence-corrected chi connectivity index (χ3v) is 4.65. The molecule has 0 aliphatic rings. The number of nitrogens with one attached hydrogen (secondary N) is 4. The van der Waals surface area contributed by atoms with Crippen molar-refractivity contribution in [2.24, 2.45) is 0 Å². The molecule has 9 heteroatoms. The lowest BCUT2D eigenvalue weighted by Crippen LogP contribution is -2.33. The van der Waals surface area contributed by atoms with E-state index in [0.717, 1.165) is 4.90 Å². The van der Waals surface area contributed by atoms with Gasteiger partial charge in [-0.1, -0.05) is 6.07 Å². The highest BCUT2D eigenvalue weighted by Crippen LogP contribution is 2.23. The Bertz CT molecular complexity index is 1030. The number of rotatable bonds is 7. The Morgan fingerprint density at radius 2 is 1.77 bits per heavy atom. The maximum absolute atomic E-state index is 12.1.